The minimum Gasteiger partial charge on any atom is -0.267 e. The molecule has 0 fully saturated rings. The van der Waals surface area contributed by atoms with Crippen LogP contribution in [0.3, 0.4) is 0 Å². The number of benzene rings is 1. The highest BCUT2D eigenvalue weighted by Gasteiger charge is 2.22. The number of carbonyl (C=O) groups excluding carboxylic acids is 1. The monoisotopic (exact) mass is 245 g/mol. The van der Waals surface area contributed by atoms with Crippen molar-refractivity contribution in [2.45, 2.75) is 19.6 Å². The van der Waals surface area contributed by atoms with Gasteiger partial charge in [-0.15, -0.1) is 5.10 Å². The summed E-state index contributed by atoms with van der Waals surface area (Å²) in [7, 11) is -1.51. The van der Waals surface area contributed by atoms with E-state index in [1.165, 1.54) is 4.68 Å². The van der Waals surface area contributed by atoms with E-state index in [-0.39, 0.29) is 5.91 Å². The predicted molar refractivity (Wildman–Crippen MR) is 69.2 cm³/mol. The second-order valence-corrected chi connectivity index (χ2v) is 9.98. The van der Waals surface area contributed by atoms with Crippen molar-refractivity contribution in [3.05, 3.63) is 42.1 Å². The van der Waals surface area contributed by atoms with Crippen LogP contribution in [-0.2, 0) is 0 Å². The van der Waals surface area contributed by atoms with Crippen LogP contribution >= 0.6 is 0 Å². The van der Waals surface area contributed by atoms with E-state index in [0.717, 1.165) is 5.32 Å². The number of hydrogen-bond donors (Lipinski definition) is 0. The van der Waals surface area contributed by atoms with Crippen molar-refractivity contribution < 1.29 is 4.79 Å². The quantitative estimate of drug-likeness (QED) is 0.754. The summed E-state index contributed by atoms with van der Waals surface area (Å²) in [5.74, 6) is -0.136. The normalized spacial score (nSPS) is 11.5. The lowest BCUT2D eigenvalue weighted by molar-refractivity contribution is 0.0943. The number of hydrogen-bond acceptors (Lipinski definition) is 3. The molecule has 0 saturated heterocycles. The van der Waals surface area contributed by atoms with Gasteiger partial charge in [-0.1, -0.05) is 43.1 Å². The van der Waals surface area contributed by atoms with Crippen LogP contribution in [0.4, 0.5) is 0 Å². The Bertz CT molecular complexity index is 528. The first-order valence-corrected chi connectivity index (χ1v) is 9.01. The first kappa shape index (κ1) is 11.7. The molecule has 4 nitrogen and oxygen atoms in total. The van der Waals surface area contributed by atoms with E-state index in [1.54, 1.807) is 18.3 Å². The molecule has 0 N–H and O–H groups in total. The van der Waals surface area contributed by atoms with Crippen LogP contribution in [0.25, 0.3) is 0 Å². The molecule has 2 rings (SSSR count). The van der Waals surface area contributed by atoms with Gasteiger partial charge in [0.2, 0.25) is 0 Å². The molecule has 0 aliphatic heterocycles. The Hall–Kier alpha value is -1.75. The topological polar surface area (TPSA) is 47.8 Å². The van der Waals surface area contributed by atoms with Crippen molar-refractivity contribution in [2.24, 2.45) is 0 Å². The minimum atomic E-state index is -1.51. The zero-order valence-electron chi connectivity index (χ0n) is 10.2. The molecule has 0 spiro atoms. The molecule has 5 heteroatoms. The van der Waals surface area contributed by atoms with Gasteiger partial charge in [-0.3, -0.25) is 4.79 Å². The molecule has 0 unspecified atom stereocenters. The van der Waals surface area contributed by atoms with Crippen LogP contribution in [0, 0.1) is 0 Å². The average Bonchev–Trinajstić information content (AvgIpc) is 2.78. The van der Waals surface area contributed by atoms with Crippen LogP contribution in [0.2, 0.25) is 19.6 Å². The van der Waals surface area contributed by atoms with Crippen LogP contribution in [0.1, 0.15) is 10.4 Å². The molecule has 0 aliphatic rings. The highest BCUT2D eigenvalue weighted by atomic mass is 28.3. The summed E-state index contributed by atoms with van der Waals surface area (Å²) in [6.07, 6.45) is 1.75. The summed E-state index contributed by atoms with van der Waals surface area (Å²) in [6.45, 7) is 6.52. The van der Waals surface area contributed by atoms with Crippen molar-refractivity contribution in [1.82, 2.24) is 15.0 Å². The summed E-state index contributed by atoms with van der Waals surface area (Å²) in [6, 6.07) is 9.11. The Morgan fingerprint density at radius 1 is 1.18 bits per heavy atom. The SMILES string of the molecule is C[Si](C)(C)c1cn(C(=O)c2ccccc2)nn1. The summed E-state index contributed by atoms with van der Waals surface area (Å²) < 4.78 is 1.32. The molecule has 1 heterocycles. The molecule has 1 aromatic heterocycles. The Morgan fingerprint density at radius 2 is 1.82 bits per heavy atom. The Kier molecular flexibility index (Phi) is 2.93. The van der Waals surface area contributed by atoms with E-state index in [0.29, 0.717) is 5.56 Å². The van der Waals surface area contributed by atoms with E-state index in [2.05, 4.69) is 30.0 Å². The zero-order chi connectivity index (χ0) is 12.5. The van der Waals surface area contributed by atoms with E-state index in [4.69, 9.17) is 0 Å². The van der Waals surface area contributed by atoms with Crippen molar-refractivity contribution in [1.29, 1.82) is 0 Å². The van der Waals surface area contributed by atoms with Crippen molar-refractivity contribution in [3.8, 4) is 0 Å². The van der Waals surface area contributed by atoms with Gasteiger partial charge in [-0.2, -0.15) is 4.68 Å². The molecule has 0 atom stereocenters. The third-order valence-electron chi connectivity index (χ3n) is 2.49. The lowest BCUT2D eigenvalue weighted by Crippen LogP contribution is -2.38. The van der Waals surface area contributed by atoms with E-state index in [1.807, 2.05) is 18.2 Å². The lowest BCUT2D eigenvalue weighted by atomic mass is 10.2. The summed E-state index contributed by atoms with van der Waals surface area (Å²) in [5.41, 5.74) is 0.625. The molecule has 1 aromatic carbocycles. The molecular weight excluding hydrogens is 230 g/mol. The number of carbonyl (C=O) groups is 1. The second-order valence-electron chi connectivity index (χ2n) is 4.97. The maximum absolute atomic E-state index is 12.1. The maximum Gasteiger partial charge on any atom is 0.279 e. The zero-order valence-corrected chi connectivity index (χ0v) is 11.2. The molecule has 17 heavy (non-hydrogen) atoms. The summed E-state index contributed by atoms with van der Waals surface area (Å²) in [4.78, 5) is 12.1. The highest BCUT2D eigenvalue weighted by Crippen LogP contribution is 2.03. The maximum atomic E-state index is 12.1. The number of nitrogens with zero attached hydrogens (tertiary/aromatic N) is 3. The predicted octanol–water partition coefficient (Wildman–Crippen LogP) is 1.51. The van der Waals surface area contributed by atoms with Gasteiger partial charge in [0.25, 0.3) is 5.91 Å². The van der Waals surface area contributed by atoms with E-state index >= 15 is 0 Å². The third kappa shape index (κ3) is 2.50. The first-order chi connectivity index (χ1) is 7.98. The van der Waals surface area contributed by atoms with Crippen LogP contribution in [0.5, 0.6) is 0 Å². The van der Waals surface area contributed by atoms with Gasteiger partial charge in [0.05, 0.1) is 11.5 Å². The fourth-order valence-corrected chi connectivity index (χ4v) is 2.27. The molecule has 0 aliphatic carbocycles. The van der Waals surface area contributed by atoms with E-state index < -0.39 is 8.07 Å². The molecular formula is C12H15N3OSi. The van der Waals surface area contributed by atoms with Gasteiger partial charge in [-0.05, 0) is 12.1 Å². The largest absolute Gasteiger partial charge is 0.279 e. The van der Waals surface area contributed by atoms with E-state index in [9.17, 15) is 4.79 Å². The van der Waals surface area contributed by atoms with Gasteiger partial charge in [0.15, 0.2) is 0 Å². The number of aromatic nitrogens is 3. The second kappa shape index (κ2) is 4.25. The van der Waals surface area contributed by atoms with Gasteiger partial charge in [0, 0.05) is 5.56 Å². The Balaban J connectivity index is 2.30. The average molecular weight is 245 g/mol. The fourth-order valence-electron chi connectivity index (χ4n) is 1.42. The van der Waals surface area contributed by atoms with Crippen LogP contribution < -0.4 is 5.32 Å². The van der Waals surface area contributed by atoms with Crippen LogP contribution in [0.15, 0.2) is 36.5 Å². The smallest absolute Gasteiger partial charge is 0.267 e. The Morgan fingerprint density at radius 3 is 2.35 bits per heavy atom. The van der Waals surface area contributed by atoms with Gasteiger partial charge in [0.1, 0.15) is 8.07 Å². The van der Waals surface area contributed by atoms with Gasteiger partial charge >= 0.3 is 0 Å². The molecule has 0 amide bonds. The third-order valence-corrected chi connectivity index (χ3v) is 4.26. The highest BCUT2D eigenvalue weighted by molar-refractivity contribution is 6.88. The van der Waals surface area contributed by atoms with Gasteiger partial charge < -0.3 is 0 Å². The summed E-state index contributed by atoms with van der Waals surface area (Å²) in [5, 5.41) is 8.94. The molecule has 0 bridgehead atoms. The lowest BCUT2D eigenvalue weighted by Gasteiger charge is -2.09. The number of rotatable bonds is 2. The van der Waals surface area contributed by atoms with Gasteiger partial charge in [-0.25, -0.2) is 0 Å². The first-order valence-electron chi connectivity index (χ1n) is 5.51. The fraction of sp³-hybridized carbons (Fsp3) is 0.250. The Labute approximate surface area is 101 Å². The molecule has 0 saturated carbocycles. The van der Waals surface area contributed by atoms with Crippen molar-refractivity contribution in [3.63, 3.8) is 0 Å². The molecule has 2 aromatic rings. The van der Waals surface area contributed by atoms with Crippen molar-refractivity contribution in [2.75, 3.05) is 0 Å². The van der Waals surface area contributed by atoms with Crippen molar-refractivity contribution >= 4 is 19.3 Å². The molecule has 88 valence electrons. The standard InChI is InChI=1S/C12H15N3OSi/c1-17(2,3)11-9-15(14-13-11)12(16)10-7-5-4-6-8-10/h4-9H,1-3H3. The molecule has 0 radical (unpaired) electrons. The minimum absolute atomic E-state index is 0.136. The summed E-state index contributed by atoms with van der Waals surface area (Å²) >= 11 is 0. The van der Waals surface area contributed by atoms with Crippen LogP contribution in [-0.4, -0.2) is 29.0 Å².